The van der Waals surface area contributed by atoms with E-state index in [9.17, 15) is 4.79 Å². The molecule has 0 spiro atoms. The van der Waals surface area contributed by atoms with Gasteiger partial charge < -0.3 is 11.1 Å². The van der Waals surface area contributed by atoms with E-state index in [2.05, 4.69) is 17.4 Å². The zero-order valence-electron chi connectivity index (χ0n) is 10.5. The average molecular weight is 272 g/mol. The van der Waals surface area contributed by atoms with Crippen LogP contribution in [0.15, 0.2) is 54.6 Å². The van der Waals surface area contributed by atoms with E-state index in [0.29, 0.717) is 11.4 Å². The Morgan fingerprint density at radius 3 is 2.63 bits per heavy atom. The normalized spacial score (nSPS) is 10.1. The molecule has 19 heavy (non-hydrogen) atoms. The summed E-state index contributed by atoms with van der Waals surface area (Å²) in [6, 6.07) is 17.3. The summed E-state index contributed by atoms with van der Waals surface area (Å²) in [6.45, 7) is 0. The quantitative estimate of drug-likeness (QED) is 0.822. The lowest BCUT2D eigenvalue weighted by Gasteiger charge is -2.06. The van der Waals surface area contributed by atoms with Gasteiger partial charge in [0.1, 0.15) is 0 Å². The molecule has 0 aliphatic heterocycles. The first-order valence-electron chi connectivity index (χ1n) is 6.01. The maximum atomic E-state index is 11.7. The molecule has 3 N–H and O–H groups in total. The fraction of sp³-hybridized carbons (Fsp3) is 0.133. The van der Waals surface area contributed by atoms with Gasteiger partial charge in [-0.15, -0.1) is 11.8 Å². The first-order chi connectivity index (χ1) is 9.24. The lowest BCUT2D eigenvalue weighted by Crippen LogP contribution is -2.14. The molecule has 1 amide bonds. The van der Waals surface area contributed by atoms with E-state index in [-0.39, 0.29) is 5.91 Å². The smallest absolute Gasteiger partial charge is 0.234 e. The highest BCUT2D eigenvalue weighted by Crippen LogP contribution is 2.14. The minimum atomic E-state index is -0.00784. The van der Waals surface area contributed by atoms with Crippen molar-refractivity contribution in [2.45, 2.75) is 5.75 Å². The number of hydrogen-bond acceptors (Lipinski definition) is 3. The van der Waals surface area contributed by atoms with Crippen LogP contribution in [0.2, 0.25) is 0 Å². The zero-order valence-corrected chi connectivity index (χ0v) is 11.3. The van der Waals surface area contributed by atoms with E-state index in [0.717, 1.165) is 11.4 Å². The van der Waals surface area contributed by atoms with Crippen molar-refractivity contribution in [3.8, 4) is 0 Å². The number of carbonyl (C=O) groups excluding carboxylic acids is 1. The van der Waals surface area contributed by atoms with Crippen molar-refractivity contribution in [3.05, 3.63) is 60.2 Å². The van der Waals surface area contributed by atoms with Crippen LogP contribution >= 0.6 is 11.8 Å². The number of nitrogens with one attached hydrogen (secondary N) is 1. The maximum Gasteiger partial charge on any atom is 0.234 e. The van der Waals surface area contributed by atoms with E-state index in [1.54, 1.807) is 23.9 Å². The van der Waals surface area contributed by atoms with Gasteiger partial charge in [0.2, 0.25) is 5.91 Å². The third-order valence-corrected chi connectivity index (χ3v) is 3.52. The number of rotatable bonds is 5. The standard InChI is InChI=1S/C15H16N2OS/c16-13-7-4-8-14(9-13)17-15(18)11-19-10-12-5-2-1-3-6-12/h1-9H,10-11,16H2,(H,17,18). The molecule has 0 heterocycles. The van der Waals surface area contributed by atoms with Gasteiger partial charge >= 0.3 is 0 Å². The molecule has 0 unspecified atom stereocenters. The Hall–Kier alpha value is -1.94. The molecule has 0 radical (unpaired) electrons. The van der Waals surface area contributed by atoms with Crippen molar-refractivity contribution in [1.82, 2.24) is 0 Å². The van der Waals surface area contributed by atoms with Gasteiger partial charge in [-0.1, -0.05) is 36.4 Å². The van der Waals surface area contributed by atoms with Crippen LogP contribution in [0.5, 0.6) is 0 Å². The van der Waals surface area contributed by atoms with E-state index >= 15 is 0 Å². The second kappa shape index (κ2) is 6.85. The van der Waals surface area contributed by atoms with Crippen molar-refractivity contribution < 1.29 is 4.79 Å². The highest BCUT2D eigenvalue weighted by molar-refractivity contribution is 7.99. The summed E-state index contributed by atoms with van der Waals surface area (Å²) in [4.78, 5) is 11.7. The van der Waals surface area contributed by atoms with Gasteiger partial charge in [0.15, 0.2) is 0 Å². The van der Waals surface area contributed by atoms with Crippen LogP contribution in [0, 0.1) is 0 Å². The minimum Gasteiger partial charge on any atom is -0.399 e. The van der Waals surface area contributed by atoms with E-state index in [4.69, 9.17) is 5.73 Å². The molecule has 0 aliphatic carbocycles. The maximum absolute atomic E-state index is 11.7. The third-order valence-electron chi connectivity index (χ3n) is 2.52. The predicted molar refractivity (Wildman–Crippen MR) is 82.1 cm³/mol. The minimum absolute atomic E-state index is 0.00784. The van der Waals surface area contributed by atoms with Gasteiger partial charge in [-0.25, -0.2) is 0 Å². The number of amides is 1. The highest BCUT2D eigenvalue weighted by Gasteiger charge is 2.03. The lowest BCUT2D eigenvalue weighted by atomic mass is 10.2. The Bertz CT molecular complexity index is 543. The van der Waals surface area contributed by atoms with E-state index in [1.807, 2.05) is 30.3 Å². The van der Waals surface area contributed by atoms with E-state index < -0.39 is 0 Å². The number of carbonyl (C=O) groups is 1. The van der Waals surface area contributed by atoms with Crippen molar-refractivity contribution in [1.29, 1.82) is 0 Å². The Labute approximate surface area is 117 Å². The fourth-order valence-electron chi connectivity index (χ4n) is 1.65. The molecule has 2 rings (SSSR count). The van der Waals surface area contributed by atoms with Crippen molar-refractivity contribution in [2.24, 2.45) is 0 Å². The monoisotopic (exact) mass is 272 g/mol. The summed E-state index contributed by atoms with van der Waals surface area (Å²) in [5, 5.41) is 2.83. The molecule has 0 bridgehead atoms. The van der Waals surface area contributed by atoms with Crippen LogP contribution in [0.25, 0.3) is 0 Å². The summed E-state index contributed by atoms with van der Waals surface area (Å²) < 4.78 is 0. The summed E-state index contributed by atoms with van der Waals surface area (Å²) in [5.74, 6) is 1.26. The summed E-state index contributed by atoms with van der Waals surface area (Å²) >= 11 is 1.59. The zero-order chi connectivity index (χ0) is 13.5. The third kappa shape index (κ3) is 4.67. The van der Waals surface area contributed by atoms with Crippen LogP contribution in [0.1, 0.15) is 5.56 Å². The van der Waals surface area contributed by atoms with Crippen molar-refractivity contribution in [2.75, 3.05) is 16.8 Å². The molecule has 0 fully saturated rings. The number of nitrogen functional groups attached to an aromatic ring is 1. The Morgan fingerprint density at radius 1 is 1.11 bits per heavy atom. The predicted octanol–water partition coefficient (Wildman–Crippen LogP) is 3.14. The van der Waals surface area contributed by atoms with Gasteiger partial charge in [0.25, 0.3) is 0 Å². The SMILES string of the molecule is Nc1cccc(NC(=O)CSCc2ccccc2)c1. The molecule has 3 nitrogen and oxygen atoms in total. The molecule has 2 aromatic rings. The Kier molecular flexibility index (Phi) is 4.86. The molecule has 0 atom stereocenters. The van der Waals surface area contributed by atoms with Crippen LogP contribution < -0.4 is 11.1 Å². The average Bonchev–Trinajstić information content (AvgIpc) is 2.40. The topological polar surface area (TPSA) is 55.1 Å². The second-order valence-electron chi connectivity index (χ2n) is 4.15. The molecule has 2 aromatic carbocycles. The molecular weight excluding hydrogens is 256 g/mol. The van der Waals surface area contributed by atoms with Crippen LogP contribution in [0.4, 0.5) is 11.4 Å². The lowest BCUT2D eigenvalue weighted by molar-refractivity contribution is -0.113. The number of anilines is 2. The van der Waals surface area contributed by atoms with Gasteiger partial charge in [0, 0.05) is 17.1 Å². The second-order valence-corrected chi connectivity index (χ2v) is 5.14. The fourth-order valence-corrected chi connectivity index (χ4v) is 2.44. The Balaban J connectivity index is 1.76. The Morgan fingerprint density at radius 2 is 1.89 bits per heavy atom. The van der Waals surface area contributed by atoms with Crippen molar-refractivity contribution in [3.63, 3.8) is 0 Å². The number of nitrogens with two attached hydrogens (primary N) is 1. The largest absolute Gasteiger partial charge is 0.399 e. The summed E-state index contributed by atoms with van der Waals surface area (Å²) in [5.41, 5.74) is 8.27. The van der Waals surface area contributed by atoms with Gasteiger partial charge in [-0.05, 0) is 23.8 Å². The summed E-state index contributed by atoms with van der Waals surface area (Å²) in [6.07, 6.45) is 0. The summed E-state index contributed by atoms with van der Waals surface area (Å²) in [7, 11) is 0. The molecule has 98 valence electrons. The molecule has 0 saturated heterocycles. The first kappa shape index (κ1) is 13.5. The number of hydrogen-bond donors (Lipinski definition) is 2. The molecular formula is C15H16N2OS. The van der Waals surface area contributed by atoms with Crippen LogP contribution in [0.3, 0.4) is 0 Å². The number of thioether (sulfide) groups is 1. The van der Waals surface area contributed by atoms with Gasteiger partial charge in [-0.3, -0.25) is 4.79 Å². The molecule has 0 aromatic heterocycles. The van der Waals surface area contributed by atoms with Crippen molar-refractivity contribution >= 4 is 29.0 Å². The van der Waals surface area contributed by atoms with Crippen LogP contribution in [-0.4, -0.2) is 11.7 Å². The highest BCUT2D eigenvalue weighted by atomic mass is 32.2. The van der Waals surface area contributed by atoms with E-state index in [1.165, 1.54) is 5.56 Å². The first-order valence-corrected chi connectivity index (χ1v) is 7.16. The molecule has 4 heteroatoms. The molecule has 0 saturated carbocycles. The van der Waals surface area contributed by atoms with Crippen LogP contribution in [-0.2, 0) is 10.5 Å². The van der Waals surface area contributed by atoms with Gasteiger partial charge in [0.05, 0.1) is 5.75 Å². The van der Waals surface area contributed by atoms with Gasteiger partial charge in [-0.2, -0.15) is 0 Å². The molecule has 0 aliphatic rings. The number of benzene rings is 2.